The lowest BCUT2D eigenvalue weighted by molar-refractivity contribution is -0.136. The Kier molecular flexibility index (Phi) is 6.10. The summed E-state index contributed by atoms with van der Waals surface area (Å²) in [5.41, 5.74) is 2.43. The maximum absolute atomic E-state index is 13.5. The molecule has 0 radical (unpaired) electrons. The van der Waals surface area contributed by atoms with Crippen LogP contribution < -0.4 is 19.6 Å². The van der Waals surface area contributed by atoms with Crippen molar-refractivity contribution in [2.75, 3.05) is 14.2 Å². The number of carbonyl (C=O) groups excluding carboxylic acids is 1. The Morgan fingerprint density at radius 1 is 1.19 bits per heavy atom. The molecule has 0 bridgehead atoms. The third-order valence-electron chi connectivity index (χ3n) is 5.02. The molecule has 0 fully saturated rings. The van der Waals surface area contributed by atoms with Crippen molar-refractivity contribution in [1.29, 1.82) is 0 Å². The highest BCUT2D eigenvalue weighted by molar-refractivity contribution is 14.1. The molecular weight excluding hydrogens is 527 g/mol. The van der Waals surface area contributed by atoms with Crippen molar-refractivity contribution >= 4 is 46.0 Å². The average molecular weight is 546 g/mol. The molecule has 4 rings (SSSR count). The van der Waals surface area contributed by atoms with Crippen LogP contribution in [0.1, 0.15) is 24.1 Å². The fraction of sp³-hybridized carbons (Fsp3) is 0.174. The van der Waals surface area contributed by atoms with Gasteiger partial charge in [0.1, 0.15) is 5.75 Å². The first-order chi connectivity index (χ1) is 14.9. The monoisotopic (exact) mass is 546 g/mol. The standard InChI is InChI=1S/C23H19IN2O4S/c1-13-19(22(28)30-3)20(15-7-5-4-6-8-15)26-21(27)18(31-23(26)25-13)12-14-9-10-17(29-2)16(24)11-14/h4-12,20H,1-3H3/b18-12-/t20-/m0/s1. The average Bonchev–Trinajstić information content (AvgIpc) is 3.07. The van der Waals surface area contributed by atoms with E-state index in [0.717, 1.165) is 20.4 Å². The summed E-state index contributed by atoms with van der Waals surface area (Å²) < 4.78 is 13.4. The van der Waals surface area contributed by atoms with E-state index in [2.05, 4.69) is 27.6 Å². The van der Waals surface area contributed by atoms with Gasteiger partial charge in [-0.3, -0.25) is 9.36 Å². The van der Waals surface area contributed by atoms with Gasteiger partial charge in [0, 0.05) is 0 Å². The lowest BCUT2D eigenvalue weighted by atomic mass is 9.96. The van der Waals surface area contributed by atoms with Gasteiger partial charge in [-0.2, -0.15) is 0 Å². The van der Waals surface area contributed by atoms with Gasteiger partial charge in [0.2, 0.25) is 0 Å². The number of carbonyl (C=O) groups is 1. The number of benzene rings is 2. The van der Waals surface area contributed by atoms with Crippen molar-refractivity contribution in [1.82, 2.24) is 4.57 Å². The fourth-order valence-electron chi connectivity index (χ4n) is 3.57. The number of methoxy groups -OCH3 is 2. The molecule has 0 amide bonds. The van der Waals surface area contributed by atoms with Crippen molar-refractivity contribution in [3.63, 3.8) is 0 Å². The predicted octanol–water partition coefficient (Wildman–Crippen LogP) is 3.02. The quantitative estimate of drug-likeness (QED) is 0.373. The molecule has 0 unspecified atom stereocenters. The van der Waals surface area contributed by atoms with Crippen LogP contribution in [0, 0.1) is 3.57 Å². The van der Waals surface area contributed by atoms with Gasteiger partial charge >= 0.3 is 5.97 Å². The number of thiazole rings is 1. The number of nitrogens with zero attached hydrogens (tertiary/aromatic N) is 2. The minimum absolute atomic E-state index is 0.197. The Balaban J connectivity index is 1.94. The number of halogens is 1. The van der Waals surface area contributed by atoms with E-state index in [0.29, 0.717) is 20.6 Å². The Bertz CT molecular complexity index is 1370. The van der Waals surface area contributed by atoms with Crippen molar-refractivity contribution in [3.8, 4) is 5.75 Å². The van der Waals surface area contributed by atoms with Crippen LogP contribution in [0.3, 0.4) is 0 Å². The molecule has 0 saturated heterocycles. The molecule has 3 aromatic rings. The second-order valence-corrected chi connectivity index (χ2v) is 9.05. The van der Waals surface area contributed by atoms with Crippen molar-refractivity contribution in [2.24, 2.45) is 4.99 Å². The van der Waals surface area contributed by atoms with Crippen LogP contribution >= 0.6 is 33.9 Å². The van der Waals surface area contributed by atoms with Gasteiger partial charge in [-0.25, -0.2) is 9.79 Å². The summed E-state index contributed by atoms with van der Waals surface area (Å²) >= 11 is 3.50. The van der Waals surface area contributed by atoms with Gasteiger partial charge < -0.3 is 9.47 Å². The van der Waals surface area contributed by atoms with Crippen LogP contribution in [0.15, 0.2) is 69.6 Å². The molecule has 158 valence electrons. The first-order valence-electron chi connectivity index (χ1n) is 9.44. The number of hydrogen-bond donors (Lipinski definition) is 0. The second-order valence-electron chi connectivity index (χ2n) is 6.88. The molecule has 2 aromatic carbocycles. The molecule has 2 heterocycles. The SMILES string of the molecule is COC(=O)C1=C(C)N=c2s/c(=C\c3ccc(OC)c(I)c3)c(=O)n2[C@H]1c1ccccc1. The van der Waals surface area contributed by atoms with E-state index in [1.807, 2.05) is 54.6 Å². The molecule has 0 spiro atoms. The van der Waals surface area contributed by atoms with Crippen LogP contribution in [0.5, 0.6) is 5.75 Å². The highest BCUT2D eigenvalue weighted by atomic mass is 127. The summed E-state index contributed by atoms with van der Waals surface area (Å²) in [5, 5.41) is 0. The fourth-order valence-corrected chi connectivity index (χ4v) is 5.37. The molecule has 1 aromatic heterocycles. The lowest BCUT2D eigenvalue weighted by Crippen LogP contribution is -2.39. The van der Waals surface area contributed by atoms with Gasteiger partial charge in [-0.15, -0.1) is 0 Å². The Morgan fingerprint density at radius 3 is 2.58 bits per heavy atom. The smallest absolute Gasteiger partial charge is 0.338 e. The van der Waals surface area contributed by atoms with Crippen LogP contribution in [0.2, 0.25) is 0 Å². The number of allylic oxidation sites excluding steroid dienone is 1. The van der Waals surface area contributed by atoms with E-state index < -0.39 is 12.0 Å². The number of hydrogen-bond acceptors (Lipinski definition) is 6. The van der Waals surface area contributed by atoms with Gasteiger partial charge in [-0.05, 0) is 58.9 Å². The van der Waals surface area contributed by atoms with Crippen LogP contribution in [-0.4, -0.2) is 24.8 Å². The van der Waals surface area contributed by atoms with E-state index in [1.165, 1.54) is 18.4 Å². The van der Waals surface area contributed by atoms with Crippen molar-refractivity contribution < 1.29 is 14.3 Å². The van der Waals surface area contributed by atoms with Crippen LogP contribution in [0.4, 0.5) is 0 Å². The Hall–Kier alpha value is -2.72. The molecule has 1 atom stereocenters. The van der Waals surface area contributed by atoms with E-state index in [4.69, 9.17) is 9.47 Å². The number of esters is 1. The summed E-state index contributed by atoms with van der Waals surface area (Å²) in [7, 11) is 2.96. The minimum Gasteiger partial charge on any atom is -0.496 e. The summed E-state index contributed by atoms with van der Waals surface area (Å²) in [6.07, 6.45) is 1.84. The maximum atomic E-state index is 13.5. The zero-order chi connectivity index (χ0) is 22.1. The Labute approximate surface area is 196 Å². The predicted molar refractivity (Wildman–Crippen MR) is 128 cm³/mol. The van der Waals surface area contributed by atoms with Crippen molar-refractivity contribution in [3.05, 3.63) is 94.2 Å². The zero-order valence-electron chi connectivity index (χ0n) is 17.1. The summed E-state index contributed by atoms with van der Waals surface area (Å²) in [4.78, 5) is 31.2. The Morgan fingerprint density at radius 2 is 1.94 bits per heavy atom. The largest absolute Gasteiger partial charge is 0.496 e. The van der Waals surface area contributed by atoms with E-state index in [9.17, 15) is 9.59 Å². The van der Waals surface area contributed by atoms with Gasteiger partial charge in [0.25, 0.3) is 5.56 Å². The molecule has 31 heavy (non-hydrogen) atoms. The molecule has 0 saturated carbocycles. The van der Waals surface area contributed by atoms with Crippen LogP contribution in [0.25, 0.3) is 6.08 Å². The van der Waals surface area contributed by atoms with E-state index in [-0.39, 0.29) is 5.56 Å². The molecule has 8 heteroatoms. The van der Waals surface area contributed by atoms with Crippen molar-refractivity contribution in [2.45, 2.75) is 13.0 Å². The number of ether oxygens (including phenoxy) is 2. The number of aromatic nitrogens is 1. The highest BCUT2D eigenvalue weighted by Gasteiger charge is 2.32. The molecule has 0 aliphatic carbocycles. The summed E-state index contributed by atoms with van der Waals surface area (Å²) in [6, 6.07) is 14.6. The van der Waals surface area contributed by atoms with E-state index >= 15 is 0 Å². The molecular formula is C23H19IN2O4S. The molecule has 1 aliphatic rings. The lowest BCUT2D eigenvalue weighted by Gasteiger charge is -2.24. The first kappa shape index (κ1) is 21.5. The number of fused-ring (bicyclic) bond motifs is 1. The summed E-state index contributed by atoms with van der Waals surface area (Å²) in [5.74, 6) is 0.288. The molecule has 6 nitrogen and oxygen atoms in total. The molecule has 0 N–H and O–H groups in total. The minimum atomic E-state index is -0.594. The third kappa shape index (κ3) is 3.97. The highest BCUT2D eigenvalue weighted by Crippen LogP contribution is 2.30. The van der Waals surface area contributed by atoms with Gasteiger partial charge in [-0.1, -0.05) is 47.7 Å². The van der Waals surface area contributed by atoms with Crippen LogP contribution in [-0.2, 0) is 9.53 Å². The molecule has 1 aliphatic heterocycles. The van der Waals surface area contributed by atoms with Gasteiger partial charge in [0.15, 0.2) is 4.80 Å². The topological polar surface area (TPSA) is 69.9 Å². The van der Waals surface area contributed by atoms with E-state index in [1.54, 1.807) is 18.6 Å². The first-order valence-corrected chi connectivity index (χ1v) is 11.3. The number of rotatable bonds is 4. The summed E-state index contributed by atoms with van der Waals surface area (Å²) in [6.45, 7) is 1.77. The maximum Gasteiger partial charge on any atom is 0.338 e. The normalized spacial score (nSPS) is 16.0. The second kappa shape index (κ2) is 8.80. The zero-order valence-corrected chi connectivity index (χ0v) is 20.1. The third-order valence-corrected chi connectivity index (χ3v) is 6.84. The van der Waals surface area contributed by atoms with Gasteiger partial charge in [0.05, 0.1) is 39.6 Å².